The first-order valence-corrected chi connectivity index (χ1v) is 5.39. The van der Waals surface area contributed by atoms with Gasteiger partial charge >= 0.3 is 0 Å². The number of hydrogen-bond donors (Lipinski definition) is 2. The predicted molar refractivity (Wildman–Crippen MR) is 64.7 cm³/mol. The Labute approximate surface area is 100.0 Å². The molecule has 1 aromatic rings. The SMILES string of the molecule is C/C(=C/C(=O)NCC(C)O)c1cccc(F)c1. The maximum atomic E-state index is 13.0. The number of aliphatic hydroxyl groups is 1. The first kappa shape index (κ1) is 13.4. The van der Waals surface area contributed by atoms with Crippen LogP contribution in [0, 0.1) is 5.82 Å². The number of carbonyl (C=O) groups excluding carboxylic acids is 1. The third-order valence-electron chi connectivity index (χ3n) is 2.20. The van der Waals surface area contributed by atoms with E-state index in [0.717, 1.165) is 0 Å². The van der Waals surface area contributed by atoms with Crippen molar-refractivity contribution in [3.8, 4) is 0 Å². The molecule has 92 valence electrons. The highest BCUT2D eigenvalue weighted by molar-refractivity contribution is 5.94. The zero-order valence-electron chi connectivity index (χ0n) is 9.90. The summed E-state index contributed by atoms with van der Waals surface area (Å²) in [4.78, 5) is 11.4. The molecular weight excluding hydrogens is 221 g/mol. The largest absolute Gasteiger partial charge is 0.392 e. The summed E-state index contributed by atoms with van der Waals surface area (Å²) < 4.78 is 13.0. The second kappa shape index (κ2) is 6.15. The molecule has 1 aromatic carbocycles. The highest BCUT2D eigenvalue weighted by Crippen LogP contribution is 2.14. The number of carbonyl (C=O) groups is 1. The molecule has 0 saturated carbocycles. The van der Waals surface area contributed by atoms with Crippen LogP contribution in [0.2, 0.25) is 0 Å². The number of allylic oxidation sites excluding steroid dienone is 1. The summed E-state index contributed by atoms with van der Waals surface area (Å²) in [5, 5.41) is 11.5. The van der Waals surface area contributed by atoms with E-state index < -0.39 is 6.10 Å². The molecule has 1 amide bonds. The number of hydrogen-bond acceptors (Lipinski definition) is 2. The molecule has 2 N–H and O–H groups in total. The summed E-state index contributed by atoms with van der Waals surface area (Å²) in [7, 11) is 0. The Morgan fingerprint density at radius 2 is 2.29 bits per heavy atom. The van der Waals surface area contributed by atoms with E-state index in [-0.39, 0.29) is 18.3 Å². The van der Waals surface area contributed by atoms with Crippen molar-refractivity contribution in [1.29, 1.82) is 0 Å². The molecule has 1 atom stereocenters. The minimum Gasteiger partial charge on any atom is -0.392 e. The molecule has 0 spiro atoms. The van der Waals surface area contributed by atoms with Crippen molar-refractivity contribution >= 4 is 11.5 Å². The molecule has 1 unspecified atom stereocenters. The van der Waals surface area contributed by atoms with Gasteiger partial charge in [-0.1, -0.05) is 12.1 Å². The highest BCUT2D eigenvalue weighted by Gasteiger charge is 2.02. The first-order valence-electron chi connectivity index (χ1n) is 5.39. The van der Waals surface area contributed by atoms with E-state index in [1.807, 2.05) is 0 Å². The second-order valence-corrected chi connectivity index (χ2v) is 3.93. The molecule has 0 fully saturated rings. The highest BCUT2D eigenvalue weighted by atomic mass is 19.1. The molecule has 0 heterocycles. The summed E-state index contributed by atoms with van der Waals surface area (Å²) >= 11 is 0. The molecular formula is C13H16FNO2. The zero-order valence-corrected chi connectivity index (χ0v) is 9.90. The molecule has 0 radical (unpaired) electrons. The lowest BCUT2D eigenvalue weighted by atomic mass is 10.1. The summed E-state index contributed by atoms with van der Waals surface area (Å²) in [6.07, 6.45) is 0.804. The fourth-order valence-electron chi connectivity index (χ4n) is 1.31. The quantitative estimate of drug-likeness (QED) is 0.783. The maximum Gasteiger partial charge on any atom is 0.244 e. The van der Waals surface area contributed by atoms with Gasteiger partial charge in [-0.2, -0.15) is 0 Å². The van der Waals surface area contributed by atoms with Crippen LogP contribution in [0.3, 0.4) is 0 Å². The van der Waals surface area contributed by atoms with Crippen molar-refractivity contribution in [3.63, 3.8) is 0 Å². The van der Waals surface area contributed by atoms with E-state index in [2.05, 4.69) is 5.32 Å². The van der Waals surface area contributed by atoms with Crippen LogP contribution < -0.4 is 5.32 Å². The third kappa shape index (κ3) is 4.78. The molecule has 3 nitrogen and oxygen atoms in total. The van der Waals surface area contributed by atoms with Crippen molar-refractivity contribution in [3.05, 3.63) is 41.7 Å². The Balaban J connectivity index is 2.69. The summed E-state index contributed by atoms with van der Waals surface area (Å²) in [5.41, 5.74) is 1.34. The van der Waals surface area contributed by atoms with Crippen LogP contribution in [0.25, 0.3) is 5.57 Å². The zero-order chi connectivity index (χ0) is 12.8. The molecule has 4 heteroatoms. The number of benzene rings is 1. The van der Waals surface area contributed by atoms with Crippen LogP contribution in [-0.4, -0.2) is 23.7 Å². The van der Waals surface area contributed by atoms with Crippen LogP contribution in [0.5, 0.6) is 0 Å². The molecule has 1 rings (SSSR count). The van der Waals surface area contributed by atoms with Crippen molar-refractivity contribution < 1.29 is 14.3 Å². The Hall–Kier alpha value is -1.68. The van der Waals surface area contributed by atoms with Crippen LogP contribution in [0.1, 0.15) is 19.4 Å². The molecule has 0 aliphatic rings. The van der Waals surface area contributed by atoms with Crippen LogP contribution in [0.15, 0.2) is 30.3 Å². The fraction of sp³-hybridized carbons (Fsp3) is 0.308. The van der Waals surface area contributed by atoms with Gasteiger partial charge in [0.05, 0.1) is 6.10 Å². The number of nitrogens with one attached hydrogen (secondary N) is 1. The lowest BCUT2D eigenvalue weighted by molar-refractivity contribution is -0.116. The minimum atomic E-state index is -0.582. The van der Waals surface area contributed by atoms with Gasteiger partial charge < -0.3 is 10.4 Å². The van der Waals surface area contributed by atoms with E-state index in [1.54, 1.807) is 26.0 Å². The van der Waals surface area contributed by atoms with E-state index in [0.29, 0.717) is 11.1 Å². The van der Waals surface area contributed by atoms with Crippen molar-refractivity contribution in [1.82, 2.24) is 5.32 Å². The number of amides is 1. The maximum absolute atomic E-state index is 13.0. The van der Waals surface area contributed by atoms with Gasteiger partial charge in [0, 0.05) is 12.6 Å². The third-order valence-corrected chi connectivity index (χ3v) is 2.20. The monoisotopic (exact) mass is 237 g/mol. The lowest BCUT2D eigenvalue weighted by Gasteiger charge is -2.05. The van der Waals surface area contributed by atoms with Crippen LogP contribution in [0.4, 0.5) is 4.39 Å². The first-order chi connectivity index (χ1) is 7.99. The van der Waals surface area contributed by atoms with Gasteiger partial charge in [-0.25, -0.2) is 4.39 Å². The van der Waals surface area contributed by atoms with E-state index >= 15 is 0 Å². The van der Waals surface area contributed by atoms with E-state index in [4.69, 9.17) is 5.11 Å². The van der Waals surface area contributed by atoms with Gasteiger partial charge in [0.1, 0.15) is 5.82 Å². The van der Waals surface area contributed by atoms with E-state index in [9.17, 15) is 9.18 Å². The summed E-state index contributed by atoms with van der Waals surface area (Å²) in [6, 6.07) is 6.05. The lowest BCUT2D eigenvalue weighted by Crippen LogP contribution is -2.29. The molecule has 0 aliphatic heterocycles. The topological polar surface area (TPSA) is 49.3 Å². The Bertz CT molecular complexity index is 427. The average Bonchev–Trinajstić information content (AvgIpc) is 2.26. The molecule has 0 bridgehead atoms. The Morgan fingerprint density at radius 3 is 2.88 bits per heavy atom. The Kier molecular flexibility index (Phi) is 4.84. The molecule has 0 saturated heterocycles. The van der Waals surface area contributed by atoms with Gasteiger partial charge in [-0.3, -0.25) is 4.79 Å². The number of rotatable bonds is 4. The smallest absolute Gasteiger partial charge is 0.244 e. The van der Waals surface area contributed by atoms with Crippen LogP contribution >= 0.6 is 0 Å². The number of aliphatic hydroxyl groups excluding tert-OH is 1. The van der Waals surface area contributed by atoms with Crippen molar-refractivity contribution in [2.75, 3.05) is 6.54 Å². The predicted octanol–water partition coefficient (Wildman–Crippen LogP) is 1.73. The van der Waals surface area contributed by atoms with Gasteiger partial charge in [0.25, 0.3) is 0 Å². The average molecular weight is 237 g/mol. The minimum absolute atomic E-state index is 0.200. The summed E-state index contributed by atoms with van der Waals surface area (Å²) in [5.74, 6) is -0.632. The van der Waals surface area contributed by atoms with Crippen molar-refractivity contribution in [2.24, 2.45) is 0 Å². The van der Waals surface area contributed by atoms with Crippen LogP contribution in [-0.2, 0) is 4.79 Å². The van der Waals surface area contributed by atoms with E-state index in [1.165, 1.54) is 18.2 Å². The van der Waals surface area contributed by atoms with Crippen molar-refractivity contribution in [2.45, 2.75) is 20.0 Å². The molecule has 0 aliphatic carbocycles. The molecule has 17 heavy (non-hydrogen) atoms. The van der Waals surface area contributed by atoms with Gasteiger partial charge in [0.2, 0.25) is 5.91 Å². The number of halogens is 1. The second-order valence-electron chi connectivity index (χ2n) is 3.93. The van der Waals surface area contributed by atoms with Gasteiger partial charge in [0.15, 0.2) is 0 Å². The van der Waals surface area contributed by atoms with Gasteiger partial charge in [-0.05, 0) is 37.1 Å². The molecule has 0 aromatic heterocycles. The fourth-order valence-corrected chi connectivity index (χ4v) is 1.31. The van der Waals surface area contributed by atoms with Gasteiger partial charge in [-0.15, -0.1) is 0 Å². The standard InChI is InChI=1S/C13H16FNO2/c1-9(6-13(17)15-8-10(2)16)11-4-3-5-12(14)7-11/h3-7,10,16H,8H2,1-2H3,(H,15,17)/b9-6-. The summed E-state index contributed by atoms with van der Waals surface area (Å²) in [6.45, 7) is 3.52. The Morgan fingerprint density at radius 1 is 1.59 bits per heavy atom. The normalized spacial score (nSPS) is 13.3.